The number of hydrogen-bond acceptors (Lipinski definition) is 3. The summed E-state index contributed by atoms with van der Waals surface area (Å²) in [7, 11) is 0. The van der Waals surface area contributed by atoms with Gasteiger partial charge in [-0.1, -0.05) is 18.5 Å². The van der Waals surface area contributed by atoms with Gasteiger partial charge in [0, 0.05) is 17.0 Å². The predicted octanol–water partition coefficient (Wildman–Crippen LogP) is 4.04. The lowest BCUT2D eigenvalue weighted by molar-refractivity contribution is 0.141. The molecule has 0 aliphatic heterocycles. The van der Waals surface area contributed by atoms with Crippen LogP contribution in [-0.2, 0) is 0 Å². The van der Waals surface area contributed by atoms with E-state index in [0.717, 1.165) is 6.42 Å². The van der Waals surface area contributed by atoms with Crippen LogP contribution in [0, 0.1) is 0 Å². The van der Waals surface area contributed by atoms with E-state index in [4.69, 9.17) is 11.6 Å². The first-order valence-corrected chi connectivity index (χ1v) is 5.99. The van der Waals surface area contributed by atoms with E-state index in [1.54, 1.807) is 18.2 Å². The van der Waals surface area contributed by atoms with Crippen molar-refractivity contribution in [1.82, 2.24) is 9.97 Å². The summed E-state index contributed by atoms with van der Waals surface area (Å²) < 4.78 is 25.4. The third-order valence-corrected chi connectivity index (χ3v) is 2.65. The minimum Gasteiger partial charge on any atom is -0.369 e. The van der Waals surface area contributed by atoms with E-state index in [1.165, 1.54) is 0 Å². The molecule has 2 aromatic rings. The van der Waals surface area contributed by atoms with Gasteiger partial charge >= 0.3 is 0 Å². The highest BCUT2D eigenvalue weighted by molar-refractivity contribution is 6.31. The number of aromatic nitrogens is 2. The van der Waals surface area contributed by atoms with Gasteiger partial charge in [0.15, 0.2) is 5.82 Å². The van der Waals surface area contributed by atoms with Crippen molar-refractivity contribution in [2.24, 2.45) is 0 Å². The fourth-order valence-electron chi connectivity index (χ4n) is 1.59. The van der Waals surface area contributed by atoms with Crippen LogP contribution >= 0.6 is 11.6 Å². The summed E-state index contributed by atoms with van der Waals surface area (Å²) in [5.74, 6) is -0.0666. The predicted molar refractivity (Wildman–Crippen MR) is 68.3 cm³/mol. The van der Waals surface area contributed by atoms with E-state index in [-0.39, 0.29) is 0 Å². The van der Waals surface area contributed by atoms with Crippen LogP contribution in [0.25, 0.3) is 10.9 Å². The van der Waals surface area contributed by atoms with E-state index >= 15 is 0 Å². The number of benzene rings is 1. The van der Waals surface area contributed by atoms with Crippen LogP contribution in [0.5, 0.6) is 0 Å². The van der Waals surface area contributed by atoms with E-state index in [0.29, 0.717) is 28.3 Å². The van der Waals surface area contributed by atoms with E-state index in [1.807, 2.05) is 6.92 Å². The van der Waals surface area contributed by atoms with Crippen molar-refractivity contribution in [2.45, 2.75) is 19.8 Å². The average molecular weight is 272 g/mol. The fourth-order valence-corrected chi connectivity index (χ4v) is 1.77. The Morgan fingerprint density at radius 1 is 1.33 bits per heavy atom. The quantitative estimate of drug-likeness (QED) is 0.912. The summed E-state index contributed by atoms with van der Waals surface area (Å²) in [4.78, 5) is 7.67. The molecule has 1 heterocycles. The molecule has 1 N–H and O–H groups in total. The lowest BCUT2D eigenvalue weighted by Crippen LogP contribution is -2.06. The van der Waals surface area contributed by atoms with Crippen LogP contribution in [0.2, 0.25) is 5.02 Å². The molecule has 0 radical (unpaired) electrons. The summed E-state index contributed by atoms with van der Waals surface area (Å²) in [6, 6.07) is 4.90. The van der Waals surface area contributed by atoms with Crippen molar-refractivity contribution < 1.29 is 8.78 Å². The van der Waals surface area contributed by atoms with Gasteiger partial charge in [-0.2, -0.15) is 0 Å². The summed E-state index contributed by atoms with van der Waals surface area (Å²) in [5, 5.41) is 4.19. The SMILES string of the molecule is CCCNc1nc(C(F)F)nc2ccc(Cl)cc12. The summed E-state index contributed by atoms with van der Waals surface area (Å²) in [5.41, 5.74) is 0.461. The molecule has 0 amide bonds. The molecule has 2 rings (SSSR count). The Labute approximate surface area is 108 Å². The lowest BCUT2D eigenvalue weighted by atomic mass is 10.2. The molecular weight excluding hydrogens is 260 g/mol. The molecule has 18 heavy (non-hydrogen) atoms. The molecule has 0 saturated carbocycles. The Hall–Kier alpha value is -1.49. The second-order valence-electron chi connectivity index (χ2n) is 3.82. The van der Waals surface area contributed by atoms with Gasteiger partial charge in [-0.25, -0.2) is 18.7 Å². The maximum absolute atomic E-state index is 12.7. The van der Waals surface area contributed by atoms with E-state index in [9.17, 15) is 8.78 Å². The zero-order valence-corrected chi connectivity index (χ0v) is 10.5. The number of anilines is 1. The molecule has 0 unspecified atom stereocenters. The van der Waals surface area contributed by atoms with Crippen LogP contribution in [0.4, 0.5) is 14.6 Å². The monoisotopic (exact) mass is 271 g/mol. The highest BCUT2D eigenvalue weighted by Crippen LogP contribution is 2.26. The molecular formula is C12H12ClF2N3. The maximum atomic E-state index is 12.7. The number of nitrogens with zero attached hydrogens (tertiary/aromatic N) is 2. The molecule has 0 aliphatic carbocycles. The summed E-state index contributed by atoms with van der Waals surface area (Å²) >= 11 is 5.90. The first-order chi connectivity index (χ1) is 8.61. The number of hydrogen-bond donors (Lipinski definition) is 1. The Morgan fingerprint density at radius 2 is 2.11 bits per heavy atom. The molecule has 0 fully saturated rings. The van der Waals surface area contributed by atoms with Crippen molar-refractivity contribution in [3.63, 3.8) is 0 Å². The largest absolute Gasteiger partial charge is 0.369 e. The second kappa shape index (κ2) is 5.44. The van der Waals surface area contributed by atoms with Crippen LogP contribution in [-0.4, -0.2) is 16.5 Å². The standard InChI is InChI=1S/C12H12ClF2N3/c1-2-5-16-11-8-6-7(13)3-4-9(8)17-12(18-11)10(14)15/h3-4,6,10H,2,5H2,1H3,(H,16,17,18). The zero-order valence-electron chi connectivity index (χ0n) is 9.75. The molecule has 6 heteroatoms. The number of rotatable bonds is 4. The molecule has 0 spiro atoms. The molecule has 96 valence electrons. The average Bonchev–Trinajstić information content (AvgIpc) is 2.35. The second-order valence-corrected chi connectivity index (χ2v) is 4.26. The van der Waals surface area contributed by atoms with Crippen molar-refractivity contribution in [3.8, 4) is 0 Å². The molecule has 1 aromatic carbocycles. The number of fused-ring (bicyclic) bond motifs is 1. The lowest BCUT2D eigenvalue weighted by Gasteiger charge is -2.10. The first-order valence-electron chi connectivity index (χ1n) is 5.61. The molecule has 3 nitrogen and oxygen atoms in total. The minimum atomic E-state index is -2.69. The Kier molecular flexibility index (Phi) is 3.91. The van der Waals surface area contributed by atoms with Gasteiger partial charge in [0.1, 0.15) is 5.82 Å². The normalized spacial score (nSPS) is 11.2. The molecule has 0 bridgehead atoms. The minimum absolute atomic E-state index is 0.402. The number of halogens is 3. The summed E-state index contributed by atoms with van der Waals surface area (Å²) in [6.45, 7) is 2.64. The van der Waals surface area contributed by atoms with Gasteiger partial charge < -0.3 is 5.32 Å². The zero-order chi connectivity index (χ0) is 13.1. The highest BCUT2D eigenvalue weighted by Gasteiger charge is 2.15. The number of alkyl halides is 2. The molecule has 0 atom stereocenters. The van der Waals surface area contributed by atoms with Gasteiger partial charge in [-0.15, -0.1) is 0 Å². The Balaban J connectivity index is 2.57. The van der Waals surface area contributed by atoms with Gasteiger partial charge in [-0.05, 0) is 24.6 Å². The third kappa shape index (κ3) is 2.67. The molecule has 1 aromatic heterocycles. The van der Waals surface area contributed by atoms with Crippen molar-refractivity contribution in [3.05, 3.63) is 29.0 Å². The van der Waals surface area contributed by atoms with Crippen molar-refractivity contribution in [1.29, 1.82) is 0 Å². The van der Waals surface area contributed by atoms with E-state index < -0.39 is 12.2 Å². The maximum Gasteiger partial charge on any atom is 0.297 e. The van der Waals surface area contributed by atoms with Crippen LogP contribution in [0.3, 0.4) is 0 Å². The molecule has 0 aliphatic rings. The topological polar surface area (TPSA) is 37.8 Å². The van der Waals surface area contributed by atoms with Gasteiger partial charge in [0.05, 0.1) is 5.52 Å². The highest BCUT2D eigenvalue weighted by atomic mass is 35.5. The van der Waals surface area contributed by atoms with Gasteiger partial charge in [-0.3, -0.25) is 0 Å². The van der Waals surface area contributed by atoms with Gasteiger partial charge in [0.25, 0.3) is 6.43 Å². The smallest absolute Gasteiger partial charge is 0.297 e. The fraction of sp³-hybridized carbons (Fsp3) is 0.333. The Bertz CT molecular complexity index is 560. The van der Waals surface area contributed by atoms with Crippen molar-refractivity contribution in [2.75, 3.05) is 11.9 Å². The number of nitrogens with one attached hydrogen (secondary N) is 1. The van der Waals surface area contributed by atoms with Gasteiger partial charge in [0.2, 0.25) is 0 Å². The van der Waals surface area contributed by atoms with E-state index in [2.05, 4.69) is 15.3 Å². The molecule has 0 saturated heterocycles. The first kappa shape index (κ1) is 13.0. The Morgan fingerprint density at radius 3 is 2.78 bits per heavy atom. The van der Waals surface area contributed by atoms with Crippen LogP contribution < -0.4 is 5.32 Å². The van der Waals surface area contributed by atoms with Crippen molar-refractivity contribution >= 4 is 28.3 Å². The third-order valence-electron chi connectivity index (χ3n) is 2.41. The van der Waals surface area contributed by atoms with Crippen LogP contribution in [0.1, 0.15) is 25.6 Å². The van der Waals surface area contributed by atoms with Crippen LogP contribution in [0.15, 0.2) is 18.2 Å². The summed E-state index contributed by atoms with van der Waals surface area (Å²) in [6.07, 6.45) is -1.82.